The smallest absolute Gasteiger partial charge is 0.323 e. The molecule has 5 rings (SSSR count). The fourth-order valence-corrected chi connectivity index (χ4v) is 6.11. The number of ether oxygens (including phenoxy) is 1. The third-order valence-corrected chi connectivity index (χ3v) is 7.02. The van der Waals surface area contributed by atoms with Gasteiger partial charge in [-0.2, -0.15) is 0 Å². The molecule has 1 aromatic rings. The molecule has 0 heterocycles. The molecule has 5 nitrogen and oxygen atoms in total. The third kappa shape index (κ3) is 2.82. The number of nitrogens with two attached hydrogens (primary N) is 1. The van der Waals surface area contributed by atoms with E-state index < -0.39 is 11.6 Å². The molecule has 0 spiro atoms. The first-order valence-corrected chi connectivity index (χ1v) is 9.72. The predicted octanol–water partition coefficient (Wildman–Crippen LogP) is 2.04. The van der Waals surface area contributed by atoms with Crippen molar-refractivity contribution in [2.75, 3.05) is 7.11 Å². The highest BCUT2D eigenvalue weighted by molar-refractivity contribution is 5.87. The maximum Gasteiger partial charge on any atom is 0.323 e. The maximum absolute atomic E-state index is 12.7. The Balaban J connectivity index is 1.63. The predicted molar refractivity (Wildman–Crippen MR) is 98.1 cm³/mol. The van der Waals surface area contributed by atoms with E-state index in [1.807, 2.05) is 30.3 Å². The molecular formula is C21H28N2O3. The van der Waals surface area contributed by atoms with Gasteiger partial charge in [-0.25, -0.2) is 0 Å². The summed E-state index contributed by atoms with van der Waals surface area (Å²) in [6, 6.07) is 9.28. The Bertz CT molecular complexity index is 660. The lowest BCUT2D eigenvalue weighted by Crippen LogP contribution is -2.73. The van der Waals surface area contributed by atoms with E-state index >= 15 is 0 Å². The first-order chi connectivity index (χ1) is 12.5. The zero-order valence-corrected chi connectivity index (χ0v) is 15.3. The van der Waals surface area contributed by atoms with Crippen molar-refractivity contribution in [1.29, 1.82) is 0 Å². The molecule has 1 aromatic carbocycles. The number of hydrogen-bond acceptors (Lipinski definition) is 4. The molecule has 0 unspecified atom stereocenters. The van der Waals surface area contributed by atoms with Crippen molar-refractivity contribution in [3.05, 3.63) is 35.9 Å². The van der Waals surface area contributed by atoms with Crippen LogP contribution in [0.3, 0.4) is 0 Å². The summed E-state index contributed by atoms with van der Waals surface area (Å²) >= 11 is 0. The average Bonchev–Trinajstić information content (AvgIpc) is 2.63. The Morgan fingerprint density at radius 2 is 1.69 bits per heavy atom. The summed E-state index contributed by atoms with van der Waals surface area (Å²) in [7, 11) is 1.40. The number of carbonyl (C=O) groups is 2. The van der Waals surface area contributed by atoms with Gasteiger partial charge in [0, 0.05) is 0 Å². The molecule has 1 amide bonds. The molecular weight excluding hydrogens is 328 g/mol. The van der Waals surface area contributed by atoms with Gasteiger partial charge in [0.25, 0.3) is 0 Å². The SMILES string of the molecule is COC(=O)[C@H](Cc1ccccc1)NC1(C(N)=O)C2CC3CC(C2)CC1C3. The Labute approximate surface area is 154 Å². The van der Waals surface area contributed by atoms with Crippen LogP contribution in [0.1, 0.15) is 37.7 Å². The Morgan fingerprint density at radius 1 is 1.12 bits per heavy atom. The molecule has 4 aliphatic carbocycles. The van der Waals surface area contributed by atoms with Crippen molar-refractivity contribution in [2.45, 2.75) is 50.1 Å². The second kappa shape index (κ2) is 6.69. The minimum atomic E-state index is -0.777. The van der Waals surface area contributed by atoms with Crippen LogP contribution in [-0.2, 0) is 20.7 Å². The van der Waals surface area contributed by atoms with Crippen molar-refractivity contribution >= 4 is 11.9 Å². The summed E-state index contributed by atoms with van der Waals surface area (Å²) in [6.07, 6.45) is 5.97. The van der Waals surface area contributed by atoms with Crippen molar-refractivity contribution in [3.8, 4) is 0 Å². The van der Waals surface area contributed by atoms with E-state index in [0.29, 0.717) is 6.42 Å². The van der Waals surface area contributed by atoms with E-state index in [1.54, 1.807) is 0 Å². The monoisotopic (exact) mass is 356 g/mol. The Kier molecular flexibility index (Phi) is 4.51. The molecule has 4 fully saturated rings. The fraction of sp³-hybridized carbons (Fsp3) is 0.619. The molecule has 0 aliphatic heterocycles. The average molecular weight is 356 g/mol. The van der Waals surface area contributed by atoms with Crippen LogP contribution in [0, 0.1) is 23.7 Å². The minimum absolute atomic E-state index is 0.235. The van der Waals surface area contributed by atoms with Gasteiger partial charge in [0.05, 0.1) is 7.11 Å². The van der Waals surface area contributed by atoms with Crippen LogP contribution >= 0.6 is 0 Å². The van der Waals surface area contributed by atoms with Crippen LogP contribution in [0.15, 0.2) is 30.3 Å². The molecule has 1 atom stereocenters. The number of esters is 1. The summed E-state index contributed by atoms with van der Waals surface area (Å²) < 4.78 is 5.05. The summed E-state index contributed by atoms with van der Waals surface area (Å²) in [4.78, 5) is 25.2. The van der Waals surface area contributed by atoms with Gasteiger partial charge < -0.3 is 10.5 Å². The van der Waals surface area contributed by atoms with Crippen LogP contribution in [0.5, 0.6) is 0 Å². The van der Waals surface area contributed by atoms with Gasteiger partial charge in [0.15, 0.2) is 0 Å². The normalized spacial score (nSPS) is 35.9. The van der Waals surface area contributed by atoms with Crippen LogP contribution in [0.4, 0.5) is 0 Å². The van der Waals surface area contributed by atoms with Gasteiger partial charge >= 0.3 is 5.97 Å². The molecule has 0 aromatic heterocycles. The van der Waals surface area contributed by atoms with Crippen LogP contribution in [-0.4, -0.2) is 30.6 Å². The van der Waals surface area contributed by atoms with E-state index in [9.17, 15) is 9.59 Å². The molecule has 5 heteroatoms. The van der Waals surface area contributed by atoms with Crippen LogP contribution in [0.2, 0.25) is 0 Å². The first-order valence-electron chi connectivity index (χ1n) is 9.72. The topological polar surface area (TPSA) is 81.4 Å². The Morgan fingerprint density at radius 3 is 2.19 bits per heavy atom. The van der Waals surface area contributed by atoms with E-state index in [1.165, 1.54) is 13.5 Å². The number of methoxy groups -OCH3 is 1. The van der Waals surface area contributed by atoms with Gasteiger partial charge in [-0.3, -0.25) is 14.9 Å². The van der Waals surface area contributed by atoms with Crippen molar-refractivity contribution in [1.82, 2.24) is 5.32 Å². The van der Waals surface area contributed by atoms with Gasteiger partial charge in [-0.15, -0.1) is 0 Å². The lowest BCUT2D eigenvalue weighted by atomic mass is 9.48. The van der Waals surface area contributed by atoms with E-state index in [0.717, 1.165) is 43.1 Å². The molecule has 4 bridgehead atoms. The summed E-state index contributed by atoms with van der Waals surface area (Å²) in [5.74, 6) is 1.28. The van der Waals surface area contributed by atoms with E-state index in [2.05, 4.69) is 5.32 Å². The van der Waals surface area contributed by atoms with Gasteiger partial charge in [-0.1, -0.05) is 30.3 Å². The summed E-state index contributed by atoms with van der Waals surface area (Å²) in [5.41, 5.74) is 6.25. The maximum atomic E-state index is 12.7. The lowest BCUT2D eigenvalue weighted by Gasteiger charge is -2.60. The quantitative estimate of drug-likeness (QED) is 0.764. The number of hydrogen-bond donors (Lipinski definition) is 2. The second-order valence-corrected chi connectivity index (χ2v) is 8.45. The number of primary amides is 1. The highest BCUT2D eigenvalue weighted by atomic mass is 16.5. The standard InChI is InChI=1S/C21H28N2O3/c1-26-19(24)18(12-13-5-3-2-4-6-13)23-21(20(22)25)16-8-14-7-15(10-16)11-17(21)9-14/h2-6,14-18,23H,7-12H2,1H3,(H2,22,25)/t14?,15?,16?,17?,18-,21?/m0/s1. The van der Waals surface area contributed by atoms with Crippen molar-refractivity contribution < 1.29 is 14.3 Å². The number of nitrogens with one attached hydrogen (secondary N) is 1. The molecule has 3 N–H and O–H groups in total. The minimum Gasteiger partial charge on any atom is -0.468 e. The number of amides is 1. The Hall–Kier alpha value is -1.88. The molecule has 0 saturated heterocycles. The fourth-order valence-electron chi connectivity index (χ4n) is 6.11. The number of carbonyl (C=O) groups excluding carboxylic acids is 2. The van der Waals surface area contributed by atoms with E-state index in [-0.39, 0.29) is 23.7 Å². The summed E-state index contributed by atoms with van der Waals surface area (Å²) in [5, 5.41) is 3.46. The van der Waals surface area contributed by atoms with Gasteiger partial charge in [0.2, 0.25) is 5.91 Å². The molecule has 4 aliphatic rings. The molecule has 26 heavy (non-hydrogen) atoms. The highest BCUT2D eigenvalue weighted by Gasteiger charge is 2.61. The van der Waals surface area contributed by atoms with Crippen molar-refractivity contribution in [2.24, 2.45) is 29.4 Å². The molecule has 0 radical (unpaired) electrons. The van der Waals surface area contributed by atoms with Gasteiger partial charge in [-0.05, 0) is 67.8 Å². The lowest BCUT2D eigenvalue weighted by molar-refractivity contribution is -0.152. The van der Waals surface area contributed by atoms with E-state index in [4.69, 9.17) is 10.5 Å². The second-order valence-electron chi connectivity index (χ2n) is 8.45. The summed E-state index contributed by atoms with van der Waals surface area (Å²) in [6.45, 7) is 0. The van der Waals surface area contributed by atoms with Crippen LogP contribution in [0.25, 0.3) is 0 Å². The van der Waals surface area contributed by atoms with Crippen molar-refractivity contribution in [3.63, 3.8) is 0 Å². The van der Waals surface area contributed by atoms with Crippen LogP contribution < -0.4 is 11.1 Å². The number of rotatable bonds is 6. The highest BCUT2D eigenvalue weighted by Crippen LogP contribution is 2.58. The molecule has 140 valence electrons. The zero-order valence-electron chi connectivity index (χ0n) is 15.3. The largest absolute Gasteiger partial charge is 0.468 e. The molecule has 4 saturated carbocycles. The third-order valence-electron chi connectivity index (χ3n) is 7.02. The van der Waals surface area contributed by atoms with Gasteiger partial charge in [0.1, 0.15) is 11.6 Å². The number of benzene rings is 1. The first kappa shape index (κ1) is 17.5. The zero-order chi connectivity index (χ0) is 18.3.